The average Bonchev–Trinajstić information content (AvgIpc) is 3.19. The van der Waals surface area contributed by atoms with Gasteiger partial charge in [0.15, 0.2) is 6.29 Å². The van der Waals surface area contributed by atoms with E-state index in [0.29, 0.717) is 18.8 Å². The second kappa shape index (κ2) is 11.2. The fraction of sp³-hybridized carbons (Fsp3) is 0.812. The molecule has 1 aromatic rings. The van der Waals surface area contributed by atoms with Gasteiger partial charge in [0.05, 0.1) is 24.6 Å². The van der Waals surface area contributed by atoms with Crippen LogP contribution in [0.25, 0.3) is 0 Å². The molecular weight excluding hydrogens is 560 g/mol. The minimum atomic E-state index is -1.48. The van der Waals surface area contributed by atoms with Gasteiger partial charge >= 0.3 is 11.6 Å². The summed E-state index contributed by atoms with van der Waals surface area (Å²) >= 11 is 0. The molecule has 5 aliphatic rings. The topological polar surface area (TPSA) is 176 Å². The smallest absolute Gasteiger partial charge is 0.335 e. The third-order valence-electron chi connectivity index (χ3n) is 12.4. The van der Waals surface area contributed by atoms with Crippen LogP contribution in [0.5, 0.6) is 0 Å². The highest BCUT2D eigenvalue weighted by Gasteiger charge is 2.70. The molecule has 11 nitrogen and oxygen atoms in total. The van der Waals surface area contributed by atoms with Crippen molar-refractivity contribution in [1.29, 1.82) is 0 Å². The first-order chi connectivity index (χ1) is 20.3. The molecule has 0 amide bonds. The molecule has 0 spiro atoms. The zero-order chi connectivity index (χ0) is 30.9. The Kier molecular flexibility index (Phi) is 8.10. The summed E-state index contributed by atoms with van der Waals surface area (Å²) in [6.07, 6.45) is 0.190. The van der Waals surface area contributed by atoms with Gasteiger partial charge in [-0.1, -0.05) is 13.8 Å². The van der Waals surface area contributed by atoms with Crippen LogP contribution in [0.4, 0.5) is 0 Å². The van der Waals surface area contributed by atoms with E-state index >= 15 is 0 Å². The molecular formula is C32H46O11. The molecule has 11 heteroatoms. The van der Waals surface area contributed by atoms with E-state index in [1.807, 2.05) is 0 Å². The molecule has 4 saturated carbocycles. The van der Waals surface area contributed by atoms with Crippen molar-refractivity contribution in [1.82, 2.24) is 0 Å². The van der Waals surface area contributed by atoms with Crippen LogP contribution in [0.2, 0.25) is 0 Å². The standard InChI is InChI=1S/C32H46O11/c1-16(34)41-22-13-32(39)21-6-5-18-12-19(42-29-28(38)27(37)26(36)23(14-33)43-29)8-10-30(18,2)20(21)9-11-31(32,3)25(22)17-4-7-24(35)40-15-17/h4,7,15,18-23,25-29,33,36-39H,5-6,8-14H2,1-3H3/t18-,19-,20+,21-,22+,23-,25+,26-,27+,28-,29-,30+,31-,32+/m1/s1. The van der Waals surface area contributed by atoms with Gasteiger partial charge in [-0.25, -0.2) is 4.79 Å². The number of ether oxygens (including phenoxy) is 3. The van der Waals surface area contributed by atoms with Crippen molar-refractivity contribution in [3.63, 3.8) is 0 Å². The summed E-state index contributed by atoms with van der Waals surface area (Å²) in [4.78, 5) is 23.9. The van der Waals surface area contributed by atoms with Crippen molar-refractivity contribution < 1.29 is 49.0 Å². The van der Waals surface area contributed by atoms with E-state index in [-0.39, 0.29) is 29.3 Å². The molecule has 4 aliphatic carbocycles. The fourth-order valence-electron chi connectivity index (χ4n) is 10.1. The van der Waals surface area contributed by atoms with E-state index in [0.717, 1.165) is 44.1 Å². The predicted octanol–water partition coefficient (Wildman–Crippen LogP) is 1.61. The third-order valence-corrected chi connectivity index (χ3v) is 12.4. The Morgan fingerprint density at radius 2 is 1.79 bits per heavy atom. The van der Waals surface area contributed by atoms with Crippen LogP contribution in [0, 0.1) is 28.6 Å². The largest absolute Gasteiger partial charge is 0.462 e. The van der Waals surface area contributed by atoms with E-state index in [9.17, 15) is 35.1 Å². The molecule has 1 aliphatic heterocycles. The lowest BCUT2D eigenvalue weighted by Gasteiger charge is -2.63. The van der Waals surface area contributed by atoms with Gasteiger partial charge in [-0.05, 0) is 79.7 Å². The van der Waals surface area contributed by atoms with Crippen molar-refractivity contribution in [3.05, 3.63) is 34.4 Å². The lowest BCUT2D eigenvalue weighted by atomic mass is 9.43. The molecule has 1 saturated heterocycles. The summed E-state index contributed by atoms with van der Waals surface area (Å²) in [5.41, 5.74) is -1.40. The Bertz CT molecular complexity index is 1230. The molecule has 0 aromatic carbocycles. The minimum Gasteiger partial charge on any atom is -0.462 e. The van der Waals surface area contributed by atoms with Gasteiger partial charge in [0.1, 0.15) is 30.5 Å². The maximum Gasteiger partial charge on any atom is 0.335 e. The minimum absolute atomic E-state index is 0.00851. The molecule has 14 atom stereocenters. The second-order valence-corrected chi connectivity index (χ2v) is 14.3. The van der Waals surface area contributed by atoms with Gasteiger partial charge in [-0.15, -0.1) is 0 Å². The van der Waals surface area contributed by atoms with Crippen LogP contribution in [-0.2, 0) is 19.0 Å². The molecule has 0 unspecified atom stereocenters. The number of hydrogen-bond acceptors (Lipinski definition) is 11. The predicted molar refractivity (Wildman–Crippen MR) is 150 cm³/mol. The van der Waals surface area contributed by atoms with Gasteiger partial charge in [-0.2, -0.15) is 0 Å². The Labute approximate surface area is 251 Å². The molecule has 240 valence electrons. The quantitative estimate of drug-likeness (QED) is 0.243. The number of rotatable bonds is 5. The van der Waals surface area contributed by atoms with Gasteiger partial charge in [0.25, 0.3) is 0 Å². The van der Waals surface area contributed by atoms with Crippen LogP contribution in [-0.4, -0.2) is 86.6 Å². The Hall–Kier alpha value is -1.86. The van der Waals surface area contributed by atoms with Crippen LogP contribution >= 0.6 is 0 Å². The second-order valence-electron chi connectivity index (χ2n) is 14.3. The van der Waals surface area contributed by atoms with Crippen LogP contribution in [0.15, 0.2) is 27.6 Å². The van der Waals surface area contributed by atoms with Crippen molar-refractivity contribution >= 4 is 5.97 Å². The first-order valence-electron chi connectivity index (χ1n) is 15.8. The summed E-state index contributed by atoms with van der Waals surface area (Å²) in [7, 11) is 0. The Morgan fingerprint density at radius 3 is 2.47 bits per heavy atom. The first kappa shape index (κ1) is 31.1. The Morgan fingerprint density at radius 1 is 1.02 bits per heavy atom. The van der Waals surface area contributed by atoms with E-state index in [4.69, 9.17) is 18.6 Å². The zero-order valence-electron chi connectivity index (χ0n) is 25.1. The number of aliphatic hydroxyl groups is 5. The van der Waals surface area contributed by atoms with E-state index < -0.39 is 66.0 Å². The molecule has 43 heavy (non-hydrogen) atoms. The van der Waals surface area contributed by atoms with E-state index in [1.165, 1.54) is 19.3 Å². The molecule has 0 radical (unpaired) electrons. The maximum atomic E-state index is 12.7. The summed E-state index contributed by atoms with van der Waals surface area (Å²) in [6, 6.07) is 3.11. The van der Waals surface area contributed by atoms with E-state index in [2.05, 4.69) is 13.8 Å². The number of hydrogen-bond donors (Lipinski definition) is 5. The van der Waals surface area contributed by atoms with Crippen LogP contribution in [0.3, 0.4) is 0 Å². The average molecular weight is 607 g/mol. The summed E-state index contributed by atoms with van der Waals surface area (Å²) in [5.74, 6) is -0.129. The fourth-order valence-corrected chi connectivity index (χ4v) is 10.1. The molecule has 5 N–H and O–H groups in total. The Balaban J connectivity index is 1.21. The van der Waals surface area contributed by atoms with Gasteiger partial charge < -0.3 is 44.2 Å². The molecule has 0 bridgehead atoms. The molecule has 2 heterocycles. The number of esters is 1. The van der Waals surface area contributed by atoms with E-state index in [1.54, 1.807) is 6.07 Å². The number of aliphatic hydroxyl groups excluding tert-OH is 4. The van der Waals surface area contributed by atoms with Crippen LogP contribution in [0.1, 0.15) is 83.6 Å². The summed E-state index contributed by atoms with van der Waals surface area (Å²) < 4.78 is 22.9. The van der Waals surface area contributed by atoms with Crippen molar-refractivity contribution in [2.45, 2.75) is 127 Å². The molecule has 5 fully saturated rings. The van der Waals surface area contributed by atoms with Gasteiger partial charge in [0, 0.05) is 30.7 Å². The monoisotopic (exact) mass is 606 g/mol. The highest BCUT2D eigenvalue weighted by atomic mass is 16.7. The number of carbonyl (C=O) groups is 1. The van der Waals surface area contributed by atoms with Crippen molar-refractivity contribution in [2.75, 3.05) is 6.61 Å². The number of carbonyl (C=O) groups excluding carboxylic acids is 1. The highest BCUT2D eigenvalue weighted by Crippen LogP contribution is 2.71. The highest BCUT2D eigenvalue weighted by molar-refractivity contribution is 5.66. The van der Waals surface area contributed by atoms with Crippen LogP contribution < -0.4 is 5.63 Å². The summed E-state index contributed by atoms with van der Waals surface area (Å²) in [5, 5.41) is 53.1. The lowest BCUT2D eigenvalue weighted by molar-refractivity contribution is -0.317. The van der Waals surface area contributed by atoms with Gasteiger partial charge in [-0.3, -0.25) is 4.79 Å². The lowest BCUT2D eigenvalue weighted by Crippen LogP contribution is -2.62. The van der Waals surface area contributed by atoms with Gasteiger partial charge in [0.2, 0.25) is 0 Å². The number of fused-ring (bicyclic) bond motifs is 5. The first-order valence-corrected chi connectivity index (χ1v) is 15.8. The maximum absolute atomic E-state index is 12.7. The van der Waals surface area contributed by atoms with Crippen molar-refractivity contribution in [2.24, 2.45) is 28.6 Å². The van der Waals surface area contributed by atoms with Crippen molar-refractivity contribution in [3.8, 4) is 0 Å². The summed E-state index contributed by atoms with van der Waals surface area (Å²) in [6.45, 7) is 5.31. The zero-order valence-corrected chi connectivity index (χ0v) is 25.1. The SMILES string of the molecule is CC(=O)O[C@H]1C[C@]2(O)[C@@H]3CC[C@@H]4C[C@H](O[C@@H]5O[C@H](CO)[C@@H](O)[C@H](O)[C@H]5O)CC[C@]4(C)[C@H]3CC[C@]2(C)[C@H]1c1ccc(=O)oc1. The molecule has 6 rings (SSSR count). The normalized spacial score (nSPS) is 49.4. The third kappa shape index (κ3) is 4.90. The molecule has 1 aromatic heterocycles.